The van der Waals surface area contributed by atoms with Gasteiger partial charge in [-0.15, -0.1) is 9.24 Å². The summed E-state index contributed by atoms with van der Waals surface area (Å²) in [7, 11) is 2.35. The largest absolute Gasteiger partial charge is 0.412 e. The van der Waals surface area contributed by atoms with Crippen LogP contribution in [-0.2, 0) is 0 Å². The van der Waals surface area contributed by atoms with E-state index in [0.717, 1.165) is 11.4 Å². The molecule has 0 saturated carbocycles. The van der Waals surface area contributed by atoms with Crippen molar-refractivity contribution in [3.8, 4) is 0 Å². The minimum absolute atomic E-state index is 0.0308. The van der Waals surface area contributed by atoms with Crippen LogP contribution in [0, 0.1) is 0 Å². The van der Waals surface area contributed by atoms with Gasteiger partial charge in [0.25, 0.3) is 0 Å². The molecule has 0 aromatic rings. The molecule has 0 aliphatic heterocycles. The van der Waals surface area contributed by atoms with Gasteiger partial charge in [-0.1, -0.05) is 0 Å². The van der Waals surface area contributed by atoms with Crippen LogP contribution in [0.4, 0.5) is 13.2 Å². The van der Waals surface area contributed by atoms with Gasteiger partial charge in [0.2, 0.25) is 0 Å². The van der Waals surface area contributed by atoms with Crippen LogP contribution in [0.5, 0.6) is 0 Å². The lowest BCUT2D eigenvalue weighted by atomic mass is 10.0. The third-order valence-corrected chi connectivity index (χ3v) is 2.35. The number of nitrogens with two attached hydrogens (primary N) is 1. The Balaban J connectivity index is 2.91. The van der Waals surface area contributed by atoms with E-state index in [1.165, 1.54) is 0 Å². The van der Waals surface area contributed by atoms with Gasteiger partial charge in [-0.25, -0.2) is 0 Å². The first-order valence-electron chi connectivity index (χ1n) is 3.43. The van der Waals surface area contributed by atoms with E-state index in [2.05, 4.69) is 9.24 Å². The smallest absolute Gasteiger partial charge is 0.398 e. The third-order valence-electron chi connectivity index (χ3n) is 1.73. The molecule has 2 N–H and O–H groups in total. The molecule has 1 unspecified atom stereocenters. The fraction of sp³-hybridized carbons (Fsp3) is 0.429. The van der Waals surface area contributed by atoms with E-state index in [1.807, 2.05) is 0 Å². The molecule has 0 fully saturated rings. The second-order valence-corrected chi connectivity index (χ2v) is 3.34. The van der Waals surface area contributed by atoms with E-state index in [1.54, 1.807) is 0 Å². The lowest BCUT2D eigenvalue weighted by molar-refractivity contribution is -0.0941. The van der Waals surface area contributed by atoms with E-state index >= 15 is 0 Å². The molecule has 0 aromatic carbocycles. The second kappa shape index (κ2) is 3.09. The summed E-state index contributed by atoms with van der Waals surface area (Å²) >= 11 is 0. The summed E-state index contributed by atoms with van der Waals surface area (Å²) in [6.45, 7) is 0. The lowest BCUT2D eigenvalue weighted by Crippen LogP contribution is -2.16. The third kappa shape index (κ3) is 2.01. The van der Waals surface area contributed by atoms with Crippen molar-refractivity contribution >= 4 is 9.24 Å². The topological polar surface area (TPSA) is 26.0 Å². The summed E-state index contributed by atoms with van der Waals surface area (Å²) in [4.78, 5) is 0. The lowest BCUT2D eigenvalue weighted by Gasteiger charge is -2.17. The molecule has 1 rings (SSSR count). The van der Waals surface area contributed by atoms with Crippen LogP contribution in [-0.4, -0.2) is 6.18 Å². The Labute approximate surface area is 70.7 Å². The fourth-order valence-electron chi connectivity index (χ4n) is 0.990. The molecule has 0 aromatic heterocycles. The Morgan fingerprint density at radius 2 is 1.92 bits per heavy atom. The Morgan fingerprint density at radius 1 is 1.33 bits per heavy atom. The molecule has 1 aliphatic carbocycles. The first-order chi connectivity index (χ1) is 5.41. The highest BCUT2D eigenvalue weighted by Crippen LogP contribution is 2.35. The number of halogens is 3. The molecule has 1 atom stereocenters. The van der Waals surface area contributed by atoms with Gasteiger partial charge < -0.3 is 5.73 Å². The molecule has 0 spiro atoms. The van der Waals surface area contributed by atoms with Crippen molar-refractivity contribution in [2.45, 2.75) is 19.0 Å². The minimum atomic E-state index is -4.23. The van der Waals surface area contributed by atoms with Gasteiger partial charge in [-0.05, 0) is 24.2 Å². The predicted octanol–water partition coefficient (Wildman–Crippen LogP) is 2.31. The van der Waals surface area contributed by atoms with Crippen molar-refractivity contribution in [3.05, 3.63) is 22.7 Å². The van der Waals surface area contributed by atoms with Crippen LogP contribution in [0.3, 0.4) is 0 Å². The molecule has 0 radical (unpaired) electrons. The predicted molar refractivity (Wildman–Crippen MR) is 44.3 cm³/mol. The first-order valence-corrected chi connectivity index (χ1v) is 4.01. The number of hydrogen-bond acceptors (Lipinski definition) is 1. The maximum Gasteiger partial charge on any atom is 0.412 e. The van der Waals surface area contributed by atoms with Gasteiger partial charge >= 0.3 is 6.18 Å². The van der Waals surface area contributed by atoms with Crippen molar-refractivity contribution in [1.29, 1.82) is 0 Å². The molecule has 68 valence electrons. The first kappa shape index (κ1) is 9.59. The number of allylic oxidation sites excluding steroid dienone is 3. The van der Waals surface area contributed by atoms with Crippen LogP contribution in [0.2, 0.25) is 0 Å². The average molecular weight is 195 g/mol. The molecule has 12 heavy (non-hydrogen) atoms. The minimum Gasteiger partial charge on any atom is -0.398 e. The highest BCUT2D eigenvalue weighted by Gasteiger charge is 2.34. The summed E-state index contributed by atoms with van der Waals surface area (Å²) in [6, 6.07) is 0. The van der Waals surface area contributed by atoms with Crippen LogP contribution < -0.4 is 5.73 Å². The molecule has 0 amide bonds. The second-order valence-electron chi connectivity index (χ2n) is 2.65. The molecule has 1 aliphatic rings. The van der Waals surface area contributed by atoms with E-state index in [-0.39, 0.29) is 12.1 Å². The zero-order chi connectivity index (χ0) is 9.35. The van der Waals surface area contributed by atoms with Gasteiger partial charge in [0.05, 0.1) is 0 Å². The molecule has 5 heteroatoms. The Bertz CT molecular complexity index is 252. The van der Waals surface area contributed by atoms with E-state index < -0.39 is 11.7 Å². The van der Waals surface area contributed by atoms with Gasteiger partial charge in [-0.3, -0.25) is 0 Å². The number of hydrogen-bond donors (Lipinski definition) is 1. The van der Waals surface area contributed by atoms with E-state index in [9.17, 15) is 13.2 Å². The molecule has 0 heterocycles. The molecule has 1 nitrogen and oxygen atoms in total. The standard InChI is InChI=1S/C7H9F3NP/c8-7(9,10)4-1-2-6(12)5(11)3-4/h3H,1-2,11-12H2. The normalized spacial score (nSPS) is 19.5. The summed E-state index contributed by atoms with van der Waals surface area (Å²) in [5.41, 5.74) is 5.03. The Hall–Kier alpha value is -0.500. The van der Waals surface area contributed by atoms with Crippen LogP contribution >= 0.6 is 9.24 Å². The Morgan fingerprint density at radius 3 is 2.33 bits per heavy atom. The maximum atomic E-state index is 12.1. The number of rotatable bonds is 0. The maximum absolute atomic E-state index is 12.1. The number of alkyl halides is 3. The molecular formula is C7H9F3NP. The SMILES string of the molecule is NC1=C(P)CCC(C(F)(F)F)=C1. The summed E-state index contributed by atoms with van der Waals surface area (Å²) < 4.78 is 36.3. The Kier molecular flexibility index (Phi) is 2.47. The summed E-state index contributed by atoms with van der Waals surface area (Å²) in [6.07, 6.45) is -2.81. The fourth-order valence-corrected chi connectivity index (χ4v) is 1.22. The van der Waals surface area contributed by atoms with Gasteiger partial charge in [0.15, 0.2) is 0 Å². The average Bonchev–Trinajstić information content (AvgIpc) is 1.92. The van der Waals surface area contributed by atoms with Crippen molar-refractivity contribution < 1.29 is 13.2 Å². The zero-order valence-corrected chi connectivity index (χ0v) is 7.43. The highest BCUT2D eigenvalue weighted by atomic mass is 31.0. The van der Waals surface area contributed by atoms with Gasteiger partial charge in [-0.2, -0.15) is 13.2 Å². The van der Waals surface area contributed by atoms with E-state index in [4.69, 9.17) is 5.73 Å². The van der Waals surface area contributed by atoms with Crippen molar-refractivity contribution in [2.75, 3.05) is 0 Å². The molecule has 0 saturated heterocycles. The van der Waals surface area contributed by atoms with Crippen LogP contribution in [0.25, 0.3) is 0 Å². The zero-order valence-electron chi connectivity index (χ0n) is 6.28. The van der Waals surface area contributed by atoms with Crippen LogP contribution in [0.1, 0.15) is 12.8 Å². The summed E-state index contributed by atoms with van der Waals surface area (Å²) in [5, 5.41) is 0.753. The van der Waals surface area contributed by atoms with Crippen molar-refractivity contribution in [1.82, 2.24) is 0 Å². The van der Waals surface area contributed by atoms with Gasteiger partial charge in [0, 0.05) is 11.3 Å². The monoisotopic (exact) mass is 195 g/mol. The molecule has 0 bridgehead atoms. The summed E-state index contributed by atoms with van der Waals surface area (Å²) in [5.74, 6) is 0. The van der Waals surface area contributed by atoms with E-state index in [0.29, 0.717) is 6.42 Å². The van der Waals surface area contributed by atoms with Crippen molar-refractivity contribution in [3.63, 3.8) is 0 Å². The van der Waals surface area contributed by atoms with Crippen molar-refractivity contribution in [2.24, 2.45) is 5.73 Å². The molecular weight excluding hydrogens is 186 g/mol. The quantitative estimate of drug-likeness (QED) is 0.589. The van der Waals surface area contributed by atoms with Crippen LogP contribution in [0.15, 0.2) is 22.7 Å². The highest BCUT2D eigenvalue weighted by molar-refractivity contribution is 7.22. The van der Waals surface area contributed by atoms with Gasteiger partial charge in [0.1, 0.15) is 0 Å².